The Balaban J connectivity index is 1.74. The molecule has 1 aromatic heterocycles. The van der Waals surface area contributed by atoms with E-state index in [9.17, 15) is 9.59 Å². The van der Waals surface area contributed by atoms with Crippen molar-refractivity contribution in [2.45, 2.75) is 36.0 Å². The van der Waals surface area contributed by atoms with Gasteiger partial charge in [-0.25, -0.2) is 0 Å². The Bertz CT molecular complexity index is 850. The van der Waals surface area contributed by atoms with Crippen molar-refractivity contribution < 1.29 is 19.0 Å². The van der Waals surface area contributed by atoms with Gasteiger partial charge in [0.05, 0.1) is 20.3 Å². The SMILES string of the molecule is COc1ccc2sc(=O)cc(OCCCCCCOC(=O)C(C)(I)CI)c2c1. The smallest absolute Gasteiger partial charge is 0.322 e. The molecule has 2 aromatic rings. The third-order valence-corrected chi connectivity index (χ3v) is 8.82. The summed E-state index contributed by atoms with van der Waals surface area (Å²) in [4.78, 5) is 23.8. The van der Waals surface area contributed by atoms with E-state index in [0.29, 0.717) is 19.0 Å². The first kappa shape index (κ1) is 23.7. The van der Waals surface area contributed by atoms with E-state index < -0.39 is 3.42 Å². The molecule has 0 aliphatic carbocycles. The van der Waals surface area contributed by atoms with Crippen molar-refractivity contribution in [1.29, 1.82) is 0 Å². The molecule has 0 amide bonds. The molecule has 5 nitrogen and oxygen atoms in total. The molecule has 1 heterocycles. The molecule has 1 aromatic carbocycles. The van der Waals surface area contributed by atoms with E-state index in [0.717, 1.165) is 45.9 Å². The highest BCUT2D eigenvalue weighted by atomic mass is 127. The van der Waals surface area contributed by atoms with E-state index in [2.05, 4.69) is 45.2 Å². The first-order chi connectivity index (χ1) is 13.4. The molecule has 154 valence electrons. The minimum absolute atomic E-state index is 0.0248. The van der Waals surface area contributed by atoms with Gasteiger partial charge in [0, 0.05) is 20.6 Å². The van der Waals surface area contributed by atoms with E-state index in [4.69, 9.17) is 14.2 Å². The second-order valence-electron chi connectivity index (χ2n) is 6.52. The standard InChI is InChI=1S/C20H24I2O5S/c1-20(22,13-21)19(24)27-10-6-4-3-5-9-26-16-12-18(23)28-17-8-7-14(25-2)11-15(16)17/h7-8,11-12H,3-6,9-10,13H2,1-2H3. The molecule has 0 saturated carbocycles. The fourth-order valence-electron chi connectivity index (χ4n) is 2.47. The number of halogens is 2. The average molecular weight is 630 g/mol. The summed E-state index contributed by atoms with van der Waals surface area (Å²) >= 11 is 5.53. The van der Waals surface area contributed by atoms with Crippen LogP contribution in [0, 0.1) is 0 Å². The van der Waals surface area contributed by atoms with Gasteiger partial charge in [-0.3, -0.25) is 9.59 Å². The fraction of sp³-hybridized carbons (Fsp3) is 0.500. The first-order valence-corrected chi connectivity index (χ1v) is 12.5. The maximum atomic E-state index is 11.9. The molecule has 0 aliphatic heterocycles. The Labute approximate surface area is 196 Å². The van der Waals surface area contributed by atoms with Crippen LogP contribution in [-0.4, -0.2) is 34.1 Å². The molecule has 28 heavy (non-hydrogen) atoms. The maximum absolute atomic E-state index is 11.9. The van der Waals surface area contributed by atoms with E-state index >= 15 is 0 Å². The van der Waals surface area contributed by atoms with E-state index in [-0.39, 0.29) is 10.7 Å². The van der Waals surface area contributed by atoms with Crippen LogP contribution >= 0.6 is 56.5 Å². The zero-order valence-corrected chi connectivity index (χ0v) is 21.1. The lowest BCUT2D eigenvalue weighted by atomic mass is 10.2. The van der Waals surface area contributed by atoms with Crippen molar-refractivity contribution in [2.24, 2.45) is 0 Å². The summed E-state index contributed by atoms with van der Waals surface area (Å²) < 4.78 is 17.6. The van der Waals surface area contributed by atoms with Gasteiger partial charge in [-0.05, 0) is 50.8 Å². The van der Waals surface area contributed by atoms with Crippen LogP contribution in [0.3, 0.4) is 0 Å². The molecule has 1 atom stereocenters. The number of ether oxygens (including phenoxy) is 3. The lowest BCUT2D eigenvalue weighted by molar-refractivity contribution is -0.144. The quantitative estimate of drug-likeness (QED) is 0.145. The van der Waals surface area contributed by atoms with Crippen LogP contribution in [0.2, 0.25) is 0 Å². The zero-order chi connectivity index (χ0) is 20.6. The highest BCUT2D eigenvalue weighted by Crippen LogP contribution is 2.30. The van der Waals surface area contributed by atoms with E-state index in [1.165, 1.54) is 11.3 Å². The predicted octanol–water partition coefficient (Wildman–Crippen LogP) is 5.38. The normalized spacial score (nSPS) is 13.1. The second-order valence-corrected chi connectivity index (χ2v) is 10.7. The lowest BCUT2D eigenvalue weighted by Gasteiger charge is -2.17. The molecule has 0 N–H and O–H groups in total. The summed E-state index contributed by atoms with van der Waals surface area (Å²) in [6.45, 7) is 2.89. The summed E-state index contributed by atoms with van der Waals surface area (Å²) in [5.41, 5.74) is 0. The summed E-state index contributed by atoms with van der Waals surface area (Å²) in [7, 11) is 1.62. The molecule has 1 unspecified atom stereocenters. The van der Waals surface area contributed by atoms with E-state index in [1.807, 2.05) is 25.1 Å². The Kier molecular flexibility index (Phi) is 9.75. The fourth-order valence-corrected chi connectivity index (χ4v) is 3.72. The van der Waals surface area contributed by atoms with Crippen molar-refractivity contribution in [1.82, 2.24) is 0 Å². The van der Waals surface area contributed by atoms with Crippen molar-refractivity contribution >= 4 is 72.6 Å². The number of benzene rings is 1. The summed E-state index contributed by atoms with van der Waals surface area (Å²) in [5.74, 6) is 1.20. The van der Waals surface area contributed by atoms with Crippen LogP contribution in [0.1, 0.15) is 32.6 Å². The van der Waals surface area contributed by atoms with Crippen LogP contribution in [0.4, 0.5) is 0 Å². The molecule has 0 radical (unpaired) electrons. The lowest BCUT2D eigenvalue weighted by Crippen LogP contribution is -2.32. The van der Waals surface area contributed by atoms with Crippen LogP contribution in [-0.2, 0) is 9.53 Å². The minimum Gasteiger partial charge on any atom is -0.497 e. The van der Waals surface area contributed by atoms with Crippen LogP contribution in [0.5, 0.6) is 11.5 Å². The third-order valence-electron chi connectivity index (χ3n) is 4.12. The van der Waals surface area contributed by atoms with Gasteiger partial charge in [-0.2, -0.15) is 0 Å². The number of methoxy groups -OCH3 is 1. The van der Waals surface area contributed by atoms with E-state index in [1.54, 1.807) is 13.2 Å². The van der Waals surface area contributed by atoms with Gasteiger partial charge in [0.1, 0.15) is 14.9 Å². The average Bonchev–Trinajstić information content (AvgIpc) is 2.69. The zero-order valence-electron chi connectivity index (χ0n) is 16.0. The highest BCUT2D eigenvalue weighted by molar-refractivity contribution is 14.1. The molecule has 0 bridgehead atoms. The summed E-state index contributed by atoms with van der Waals surface area (Å²) in [5, 5.41) is 0.896. The molecule has 8 heteroatoms. The van der Waals surface area contributed by atoms with Crippen molar-refractivity contribution in [2.75, 3.05) is 24.8 Å². The van der Waals surface area contributed by atoms with Gasteiger partial charge in [-0.15, -0.1) is 0 Å². The number of hydrogen-bond acceptors (Lipinski definition) is 6. The maximum Gasteiger partial charge on any atom is 0.322 e. The first-order valence-electron chi connectivity index (χ1n) is 9.04. The Morgan fingerprint density at radius 3 is 2.54 bits per heavy atom. The molecule has 0 spiro atoms. The molecule has 0 saturated heterocycles. The van der Waals surface area contributed by atoms with Crippen LogP contribution < -0.4 is 14.2 Å². The topological polar surface area (TPSA) is 61.8 Å². The van der Waals surface area contributed by atoms with Gasteiger partial charge >= 0.3 is 5.97 Å². The molecule has 0 fully saturated rings. The number of unbranched alkanes of at least 4 members (excludes halogenated alkanes) is 3. The van der Waals surface area contributed by atoms with Gasteiger partial charge < -0.3 is 14.2 Å². The Morgan fingerprint density at radius 2 is 1.86 bits per heavy atom. The highest BCUT2D eigenvalue weighted by Gasteiger charge is 2.29. The summed E-state index contributed by atoms with van der Waals surface area (Å²) in [6, 6.07) is 7.16. The molecular weight excluding hydrogens is 606 g/mol. The monoisotopic (exact) mass is 630 g/mol. The predicted molar refractivity (Wildman–Crippen MR) is 131 cm³/mol. The Hall–Kier alpha value is -0.620. The number of carbonyl (C=O) groups excluding carboxylic acids is 1. The van der Waals surface area contributed by atoms with Crippen molar-refractivity contribution in [3.63, 3.8) is 0 Å². The number of carbonyl (C=O) groups is 1. The van der Waals surface area contributed by atoms with Crippen LogP contribution in [0.15, 0.2) is 29.1 Å². The number of rotatable bonds is 11. The largest absolute Gasteiger partial charge is 0.497 e. The van der Waals surface area contributed by atoms with Gasteiger partial charge in [0.2, 0.25) is 4.74 Å². The van der Waals surface area contributed by atoms with Crippen molar-refractivity contribution in [3.05, 3.63) is 33.8 Å². The van der Waals surface area contributed by atoms with Gasteiger partial charge in [-0.1, -0.05) is 56.5 Å². The second kappa shape index (κ2) is 11.5. The number of alkyl halides is 2. The Morgan fingerprint density at radius 1 is 1.14 bits per heavy atom. The molecule has 2 rings (SSSR count). The number of esters is 1. The minimum atomic E-state index is -0.450. The number of hydrogen-bond donors (Lipinski definition) is 0. The van der Waals surface area contributed by atoms with Crippen LogP contribution in [0.25, 0.3) is 10.1 Å². The third kappa shape index (κ3) is 7.01. The molecule has 0 aliphatic rings. The van der Waals surface area contributed by atoms with Gasteiger partial charge in [0.25, 0.3) is 0 Å². The number of fused-ring (bicyclic) bond motifs is 1. The molecular formula is C20H24I2O5S. The van der Waals surface area contributed by atoms with Crippen molar-refractivity contribution in [3.8, 4) is 11.5 Å². The van der Waals surface area contributed by atoms with Gasteiger partial charge in [0.15, 0.2) is 0 Å². The summed E-state index contributed by atoms with van der Waals surface area (Å²) in [6.07, 6.45) is 3.67.